The van der Waals surface area contributed by atoms with Gasteiger partial charge in [0.05, 0.1) is 11.7 Å². The molecule has 1 aromatic rings. The van der Waals surface area contributed by atoms with Crippen molar-refractivity contribution >= 4 is 39.4 Å². The zero-order valence-corrected chi connectivity index (χ0v) is 9.78. The fourth-order valence-corrected chi connectivity index (χ4v) is 1.72. The molecule has 0 saturated carbocycles. The van der Waals surface area contributed by atoms with Crippen LogP contribution < -0.4 is 5.32 Å². The highest BCUT2D eigenvalue weighted by Gasteiger charge is 2.09. The molecule has 0 aliphatic carbocycles. The summed E-state index contributed by atoms with van der Waals surface area (Å²) in [4.78, 5) is 11.3. The Bertz CT molecular complexity index is 300. The average Bonchev–Trinajstić information content (AvgIpc) is 2.34. The number of anilines is 1. The Kier molecular flexibility index (Phi) is 3.80. The van der Waals surface area contributed by atoms with Crippen molar-refractivity contribution in [1.82, 2.24) is 8.75 Å². The van der Waals surface area contributed by atoms with Crippen molar-refractivity contribution in [2.75, 3.05) is 5.32 Å². The number of aromatic nitrogens is 2. The molecule has 6 heteroatoms. The minimum Gasteiger partial charge on any atom is -0.308 e. The molecule has 4 nitrogen and oxygen atoms in total. The van der Waals surface area contributed by atoms with E-state index in [1.54, 1.807) is 0 Å². The zero-order valence-electron chi connectivity index (χ0n) is 7.37. The van der Waals surface area contributed by atoms with E-state index >= 15 is 0 Å². The van der Waals surface area contributed by atoms with Crippen molar-refractivity contribution in [2.45, 2.75) is 20.3 Å². The number of nitrogens with one attached hydrogen (secondary N) is 1. The summed E-state index contributed by atoms with van der Waals surface area (Å²) in [5.74, 6) is 0.837. The lowest BCUT2D eigenvalue weighted by Crippen LogP contribution is -2.14. The molecule has 0 aliphatic heterocycles. The Labute approximate surface area is 89.2 Å². The summed E-state index contributed by atoms with van der Waals surface area (Å²) >= 11 is 4.25. The molecule has 1 amide bonds. The first kappa shape index (κ1) is 10.6. The van der Waals surface area contributed by atoms with Crippen molar-refractivity contribution in [3.05, 3.63) is 4.60 Å². The van der Waals surface area contributed by atoms with E-state index in [-0.39, 0.29) is 5.91 Å². The number of carbonyl (C=O) groups excluding carboxylic acids is 1. The molecule has 0 saturated heterocycles. The van der Waals surface area contributed by atoms with Gasteiger partial charge in [0.25, 0.3) is 0 Å². The summed E-state index contributed by atoms with van der Waals surface area (Å²) < 4.78 is 8.39. The van der Waals surface area contributed by atoms with E-state index in [1.807, 2.05) is 13.8 Å². The molecule has 1 rings (SSSR count). The molecule has 1 heterocycles. The Balaban J connectivity index is 2.50. The maximum Gasteiger partial charge on any atom is 0.225 e. The third-order valence-electron chi connectivity index (χ3n) is 1.30. The van der Waals surface area contributed by atoms with Crippen LogP contribution in [0.2, 0.25) is 0 Å². The van der Waals surface area contributed by atoms with Gasteiger partial charge < -0.3 is 5.32 Å². The van der Waals surface area contributed by atoms with Crippen LogP contribution in [-0.2, 0) is 4.79 Å². The van der Waals surface area contributed by atoms with Crippen LogP contribution >= 0.6 is 27.7 Å². The molecule has 1 aromatic heterocycles. The molecule has 13 heavy (non-hydrogen) atoms. The normalized spacial score (nSPS) is 10.5. The van der Waals surface area contributed by atoms with Crippen LogP contribution in [0.3, 0.4) is 0 Å². The van der Waals surface area contributed by atoms with Gasteiger partial charge in [0.2, 0.25) is 5.91 Å². The van der Waals surface area contributed by atoms with Gasteiger partial charge in [0.15, 0.2) is 10.4 Å². The predicted molar refractivity (Wildman–Crippen MR) is 55.7 cm³/mol. The second kappa shape index (κ2) is 4.66. The molecule has 0 unspecified atom stereocenters. The number of carbonyl (C=O) groups is 1. The molecule has 0 aromatic carbocycles. The molecule has 0 spiro atoms. The van der Waals surface area contributed by atoms with E-state index in [2.05, 4.69) is 30.0 Å². The van der Waals surface area contributed by atoms with Gasteiger partial charge in [-0.25, -0.2) is 0 Å². The SMILES string of the molecule is CC(C)CC(=O)Nc1nsnc1Br. The smallest absolute Gasteiger partial charge is 0.225 e. The first-order valence-corrected chi connectivity index (χ1v) is 5.40. The van der Waals surface area contributed by atoms with Crippen LogP contribution in [0.1, 0.15) is 20.3 Å². The fraction of sp³-hybridized carbons (Fsp3) is 0.571. The van der Waals surface area contributed by atoms with Gasteiger partial charge in [0.1, 0.15) is 0 Å². The summed E-state index contributed by atoms with van der Waals surface area (Å²) in [5, 5.41) is 2.67. The van der Waals surface area contributed by atoms with Crippen LogP contribution in [0.15, 0.2) is 4.60 Å². The second-order valence-electron chi connectivity index (χ2n) is 3.05. The largest absolute Gasteiger partial charge is 0.308 e. The lowest BCUT2D eigenvalue weighted by Gasteiger charge is -2.03. The number of nitrogens with zero attached hydrogens (tertiary/aromatic N) is 2. The number of amides is 1. The van der Waals surface area contributed by atoms with E-state index in [0.717, 1.165) is 11.7 Å². The monoisotopic (exact) mass is 263 g/mol. The summed E-state index contributed by atoms with van der Waals surface area (Å²) in [7, 11) is 0. The molecule has 72 valence electrons. The van der Waals surface area contributed by atoms with Gasteiger partial charge in [0, 0.05) is 6.42 Å². The number of hydrogen-bond donors (Lipinski definition) is 1. The summed E-state index contributed by atoms with van der Waals surface area (Å²) in [6.07, 6.45) is 0.504. The minimum absolute atomic E-state index is 0.0246. The number of hydrogen-bond acceptors (Lipinski definition) is 4. The highest BCUT2D eigenvalue weighted by Crippen LogP contribution is 2.18. The van der Waals surface area contributed by atoms with Crippen molar-refractivity contribution < 1.29 is 4.79 Å². The summed E-state index contributed by atoms with van der Waals surface area (Å²) in [6.45, 7) is 3.99. The first-order chi connectivity index (χ1) is 6.09. The average molecular weight is 264 g/mol. The van der Waals surface area contributed by atoms with E-state index in [1.165, 1.54) is 0 Å². The van der Waals surface area contributed by atoms with Crippen LogP contribution in [0.25, 0.3) is 0 Å². The predicted octanol–water partition coefficient (Wildman–Crippen LogP) is 2.29. The molecule has 1 N–H and O–H groups in total. The highest BCUT2D eigenvalue weighted by molar-refractivity contribution is 9.10. The van der Waals surface area contributed by atoms with E-state index in [0.29, 0.717) is 22.8 Å². The Morgan fingerprint density at radius 1 is 1.62 bits per heavy atom. The van der Waals surface area contributed by atoms with Gasteiger partial charge in [-0.1, -0.05) is 13.8 Å². The molecule has 0 fully saturated rings. The fourth-order valence-electron chi connectivity index (χ4n) is 0.806. The van der Waals surface area contributed by atoms with Gasteiger partial charge >= 0.3 is 0 Å². The van der Waals surface area contributed by atoms with E-state index in [4.69, 9.17) is 0 Å². The van der Waals surface area contributed by atoms with Gasteiger partial charge in [-0.15, -0.1) is 0 Å². The van der Waals surface area contributed by atoms with Crippen molar-refractivity contribution in [3.8, 4) is 0 Å². The minimum atomic E-state index is -0.0246. The number of rotatable bonds is 3. The lowest BCUT2D eigenvalue weighted by molar-refractivity contribution is -0.116. The molecular weight excluding hydrogens is 254 g/mol. The maximum atomic E-state index is 11.3. The van der Waals surface area contributed by atoms with Crippen LogP contribution in [-0.4, -0.2) is 14.7 Å². The molecule has 0 radical (unpaired) electrons. The third-order valence-corrected chi connectivity index (χ3v) is 2.62. The summed E-state index contributed by atoms with van der Waals surface area (Å²) in [5.41, 5.74) is 0. The van der Waals surface area contributed by atoms with Gasteiger partial charge in [-0.2, -0.15) is 8.75 Å². The number of halogens is 1. The van der Waals surface area contributed by atoms with E-state index in [9.17, 15) is 4.79 Å². The lowest BCUT2D eigenvalue weighted by atomic mass is 10.1. The Morgan fingerprint density at radius 2 is 2.31 bits per heavy atom. The van der Waals surface area contributed by atoms with Crippen molar-refractivity contribution in [3.63, 3.8) is 0 Å². The Hall–Kier alpha value is -0.490. The Morgan fingerprint density at radius 3 is 2.77 bits per heavy atom. The quantitative estimate of drug-likeness (QED) is 0.911. The van der Waals surface area contributed by atoms with Crippen LogP contribution in [0, 0.1) is 5.92 Å². The molecule has 0 atom stereocenters. The third kappa shape index (κ3) is 3.40. The second-order valence-corrected chi connectivity index (χ2v) is 4.33. The maximum absolute atomic E-state index is 11.3. The standard InChI is InChI=1S/C7H10BrN3OS/c1-4(2)3-5(12)9-7-6(8)10-13-11-7/h4H,3H2,1-2H3,(H,9,11,12). The van der Waals surface area contributed by atoms with E-state index < -0.39 is 0 Å². The highest BCUT2D eigenvalue weighted by atomic mass is 79.9. The first-order valence-electron chi connectivity index (χ1n) is 3.87. The zero-order chi connectivity index (χ0) is 9.84. The molecule has 0 bridgehead atoms. The summed E-state index contributed by atoms with van der Waals surface area (Å²) in [6, 6.07) is 0. The van der Waals surface area contributed by atoms with Crippen molar-refractivity contribution in [1.29, 1.82) is 0 Å². The molecular formula is C7H10BrN3OS. The molecule has 0 aliphatic rings. The topological polar surface area (TPSA) is 54.9 Å². The van der Waals surface area contributed by atoms with Gasteiger partial charge in [-0.05, 0) is 21.8 Å². The van der Waals surface area contributed by atoms with Gasteiger partial charge in [-0.3, -0.25) is 4.79 Å². The van der Waals surface area contributed by atoms with Crippen LogP contribution in [0.4, 0.5) is 5.82 Å². The van der Waals surface area contributed by atoms with Crippen LogP contribution in [0.5, 0.6) is 0 Å². The van der Waals surface area contributed by atoms with Crippen molar-refractivity contribution in [2.24, 2.45) is 5.92 Å².